The van der Waals surface area contributed by atoms with E-state index in [9.17, 15) is 10.1 Å². The first kappa shape index (κ1) is 14.5. The number of nitrogens with one attached hydrogen (secondary N) is 1. The number of nitrogen functional groups attached to an aromatic ring is 1. The first-order valence-corrected chi connectivity index (χ1v) is 7.15. The predicted octanol–water partition coefficient (Wildman–Crippen LogP) is 3.79. The summed E-state index contributed by atoms with van der Waals surface area (Å²) in [5.74, 6) is -0.0286. The van der Waals surface area contributed by atoms with Crippen LogP contribution in [0, 0.1) is 15.5 Å². The van der Waals surface area contributed by atoms with Gasteiger partial charge < -0.3 is 5.73 Å². The summed E-state index contributed by atoms with van der Waals surface area (Å²) < 4.78 is 0.689. The van der Waals surface area contributed by atoms with Crippen LogP contribution in [0.2, 0.25) is 0 Å². The highest BCUT2D eigenvalue weighted by atomic mass is 79.9. The van der Waals surface area contributed by atoms with Gasteiger partial charge in [-0.3, -0.25) is 15.5 Å². The molecule has 2 rings (SSSR count). The Bertz CT molecular complexity index is 691. The number of halogens is 1. The van der Waals surface area contributed by atoms with E-state index in [-0.39, 0.29) is 11.5 Å². The molecule has 0 bridgehead atoms. The molecule has 0 aliphatic rings. The van der Waals surface area contributed by atoms with Crippen molar-refractivity contribution >= 4 is 39.2 Å². The molecular formula is C13H10BrN3O2S. The summed E-state index contributed by atoms with van der Waals surface area (Å²) in [6, 6.07) is 11.9. The molecule has 0 saturated carbocycles. The minimum Gasteiger partial charge on any atom is -0.384 e. The zero-order valence-corrected chi connectivity index (χ0v) is 12.6. The Morgan fingerprint density at radius 2 is 2.00 bits per heavy atom. The van der Waals surface area contributed by atoms with Gasteiger partial charge in [-0.1, -0.05) is 23.9 Å². The molecular weight excluding hydrogens is 342 g/mol. The second kappa shape index (κ2) is 6.06. The second-order valence-electron chi connectivity index (χ2n) is 3.88. The maximum atomic E-state index is 11.0. The lowest BCUT2D eigenvalue weighted by Gasteiger charge is -2.06. The number of benzene rings is 2. The SMILES string of the molecule is N=C(N)c1ccc(Sc2ccccc2[N+](=O)[O-])cc1Br. The molecule has 0 spiro atoms. The van der Waals surface area contributed by atoms with Crippen LogP contribution in [0.15, 0.2) is 56.7 Å². The number of hydrogen-bond acceptors (Lipinski definition) is 4. The number of nitro benzene ring substituents is 1. The van der Waals surface area contributed by atoms with E-state index < -0.39 is 4.92 Å². The van der Waals surface area contributed by atoms with Crippen molar-refractivity contribution in [3.8, 4) is 0 Å². The third-order valence-corrected chi connectivity index (χ3v) is 4.23. The monoisotopic (exact) mass is 351 g/mol. The van der Waals surface area contributed by atoms with Gasteiger partial charge in [-0.15, -0.1) is 0 Å². The molecule has 5 nitrogen and oxygen atoms in total. The molecule has 0 fully saturated rings. The van der Waals surface area contributed by atoms with E-state index in [0.29, 0.717) is 14.9 Å². The molecule has 3 N–H and O–H groups in total. The number of nitro groups is 1. The third-order valence-electron chi connectivity index (χ3n) is 2.52. The molecule has 0 unspecified atom stereocenters. The fourth-order valence-electron chi connectivity index (χ4n) is 1.60. The van der Waals surface area contributed by atoms with E-state index >= 15 is 0 Å². The molecule has 0 atom stereocenters. The molecule has 0 aliphatic heterocycles. The number of nitrogens with two attached hydrogens (primary N) is 1. The molecule has 0 radical (unpaired) electrons. The van der Waals surface area contributed by atoms with E-state index in [0.717, 1.165) is 4.90 Å². The fraction of sp³-hybridized carbons (Fsp3) is 0. The van der Waals surface area contributed by atoms with Crippen molar-refractivity contribution in [1.82, 2.24) is 0 Å². The normalized spacial score (nSPS) is 10.2. The number of nitrogens with zero attached hydrogens (tertiary/aromatic N) is 1. The molecule has 0 aliphatic carbocycles. The highest BCUT2D eigenvalue weighted by Gasteiger charge is 2.14. The van der Waals surface area contributed by atoms with Gasteiger partial charge in [0, 0.05) is 21.0 Å². The van der Waals surface area contributed by atoms with Gasteiger partial charge in [-0.2, -0.15) is 0 Å². The lowest BCUT2D eigenvalue weighted by Crippen LogP contribution is -2.11. The van der Waals surface area contributed by atoms with E-state index in [2.05, 4.69) is 15.9 Å². The first-order valence-electron chi connectivity index (χ1n) is 5.54. The van der Waals surface area contributed by atoms with Crippen molar-refractivity contribution < 1.29 is 4.92 Å². The van der Waals surface area contributed by atoms with Crippen molar-refractivity contribution in [3.63, 3.8) is 0 Å². The molecule has 0 amide bonds. The molecule has 2 aromatic carbocycles. The molecule has 7 heteroatoms. The van der Waals surface area contributed by atoms with E-state index in [4.69, 9.17) is 11.1 Å². The van der Waals surface area contributed by atoms with Gasteiger partial charge in [0.15, 0.2) is 0 Å². The minimum atomic E-state index is -0.401. The highest BCUT2D eigenvalue weighted by molar-refractivity contribution is 9.10. The molecule has 0 heterocycles. The lowest BCUT2D eigenvalue weighted by molar-refractivity contribution is -0.387. The van der Waals surface area contributed by atoms with Crippen LogP contribution >= 0.6 is 27.7 Å². The summed E-state index contributed by atoms with van der Waals surface area (Å²) in [5, 5.41) is 18.4. The average Bonchev–Trinajstić information content (AvgIpc) is 2.38. The zero-order chi connectivity index (χ0) is 14.7. The smallest absolute Gasteiger partial charge is 0.283 e. The van der Waals surface area contributed by atoms with Gasteiger partial charge in [0.25, 0.3) is 5.69 Å². The molecule has 0 aromatic heterocycles. The van der Waals surface area contributed by atoms with Gasteiger partial charge in [0.2, 0.25) is 0 Å². The van der Waals surface area contributed by atoms with Crippen LogP contribution in [0.3, 0.4) is 0 Å². The summed E-state index contributed by atoms with van der Waals surface area (Å²) in [6.45, 7) is 0. The lowest BCUT2D eigenvalue weighted by atomic mass is 10.2. The van der Waals surface area contributed by atoms with Crippen LogP contribution in [0.4, 0.5) is 5.69 Å². The van der Waals surface area contributed by atoms with Crippen molar-refractivity contribution in [2.75, 3.05) is 0 Å². The van der Waals surface area contributed by atoms with Crippen LogP contribution in [0.25, 0.3) is 0 Å². The molecule has 102 valence electrons. The zero-order valence-electron chi connectivity index (χ0n) is 10.2. The van der Waals surface area contributed by atoms with Gasteiger partial charge in [0.05, 0.1) is 9.82 Å². The van der Waals surface area contributed by atoms with Gasteiger partial charge in [-0.05, 0) is 40.2 Å². The first-order chi connectivity index (χ1) is 9.49. The van der Waals surface area contributed by atoms with Crippen molar-refractivity contribution in [2.24, 2.45) is 5.73 Å². The minimum absolute atomic E-state index is 0.0286. The van der Waals surface area contributed by atoms with Crippen LogP contribution in [0.5, 0.6) is 0 Å². The largest absolute Gasteiger partial charge is 0.384 e. The highest BCUT2D eigenvalue weighted by Crippen LogP contribution is 2.36. The third kappa shape index (κ3) is 3.17. The van der Waals surface area contributed by atoms with Gasteiger partial charge in [0.1, 0.15) is 5.84 Å². The predicted molar refractivity (Wildman–Crippen MR) is 82.4 cm³/mol. The van der Waals surface area contributed by atoms with Gasteiger partial charge in [-0.25, -0.2) is 0 Å². The number of hydrogen-bond donors (Lipinski definition) is 2. The molecule has 0 saturated heterocycles. The summed E-state index contributed by atoms with van der Waals surface area (Å²) in [5.41, 5.74) is 6.11. The van der Waals surface area contributed by atoms with Crippen molar-refractivity contribution in [1.29, 1.82) is 5.41 Å². The van der Waals surface area contributed by atoms with E-state index in [1.807, 2.05) is 0 Å². The molecule has 20 heavy (non-hydrogen) atoms. The molecule has 2 aromatic rings. The maximum absolute atomic E-state index is 11.0. The Kier molecular flexibility index (Phi) is 4.41. The van der Waals surface area contributed by atoms with Crippen molar-refractivity contribution in [2.45, 2.75) is 9.79 Å². The van der Waals surface area contributed by atoms with Crippen LogP contribution in [-0.4, -0.2) is 10.8 Å². The summed E-state index contributed by atoms with van der Waals surface area (Å²) in [6.07, 6.45) is 0. The Morgan fingerprint density at radius 1 is 1.30 bits per heavy atom. The van der Waals surface area contributed by atoms with Crippen LogP contribution in [0.1, 0.15) is 5.56 Å². The summed E-state index contributed by atoms with van der Waals surface area (Å²) in [4.78, 5) is 12.0. The Morgan fingerprint density at radius 3 is 2.60 bits per heavy atom. The topological polar surface area (TPSA) is 93.0 Å². The fourth-order valence-corrected chi connectivity index (χ4v) is 3.30. The second-order valence-corrected chi connectivity index (χ2v) is 5.85. The van der Waals surface area contributed by atoms with Crippen molar-refractivity contribution in [3.05, 3.63) is 62.6 Å². The number of para-hydroxylation sites is 1. The van der Waals surface area contributed by atoms with Crippen LogP contribution in [-0.2, 0) is 0 Å². The number of amidine groups is 1. The van der Waals surface area contributed by atoms with E-state index in [1.165, 1.54) is 17.8 Å². The van der Waals surface area contributed by atoms with E-state index in [1.54, 1.807) is 36.4 Å². The Labute approximate surface area is 128 Å². The van der Waals surface area contributed by atoms with Gasteiger partial charge >= 0.3 is 0 Å². The average molecular weight is 352 g/mol. The standard InChI is InChI=1S/C13H10BrN3O2S/c14-10-7-8(5-6-9(10)13(15)16)20-12-4-2-1-3-11(12)17(18)19/h1-7H,(H3,15,16). The quantitative estimate of drug-likeness (QED) is 0.379. The summed E-state index contributed by atoms with van der Waals surface area (Å²) >= 11 is 4.63. The summed E-state index contributed by atoms with van der Waals surface area (Å²) in [7, 11) is 0. The Balaban J connectivity index is 2.34. The maximum Gasteiger partial charge on any atom is 0.283 e. The number of rotatable bonds is 4. The van der Waals surface area contributed by atoms with Crippen LogP contribution < -0.4 is 5.73 Å². The Hall–Kier alpha value is -1.86.